The number of aryl methyl sites for hydroxylation is 1. The Hall–Kier alpha value is -0.198. The molecule has 2 rings (SSSR count). The van der Waals surface area contributed by atoms with Gasteiger partial charge in [0.15, 0.2) is 0 Å². The van der Waals surface area contributed by atoms with Crippen LogP contribution in [0.5, 0.6) is 0 Å². The Morgan fingerprint density at radius 1 is 1.59 bits per heavy atom. The molecule has 95 valence electrons. The molecule has 1 aromatic carbocycles. The van der Waals surface area contributed by atoms with E-state index >= 15 is 0 Å². The summed E-state index contributed by atoms with van der Waals surface area (Å²) in [5, 5.41) is 9.24. The zero-order chi connectivity index (χ0) is 11.6. The molecular weight excluding hydrogens is 384 g/mol. The minimum atomic E-state index is -0.459. The van der Waals surface area contributed by atoms with Gasteiger partial charge in [-0.3, -0.25) is 0 Å². The van der Waals surface area contributed by atoms with E-state index in [0.717, 1.165) is 12.8 Å². The molecule has 0 aliphatic heterocycles. The molecule has 3 heteroatoms. The maximum Gasteiger partial charge on any atom is 0.0608 e. The fourth-order valence-electron chi connectivity index (χ4n) is 2.63. The molecule has 0 saturated carbocycles. The number of nitrogens with two attached hydrogens (primary N) is 1. The van der Waals surface area contributed by atoms with Crippen molar-refractivity contribution in [2.45, 2.75) is 44.1 Å². The Balaban J connectivity index is 0.00000144. The van der Waals surface area contributed by atoms with Crippen LogP contribution in [0.2, 0.25) is 0 Å². The minimum absolute atomic E-state index is 0. The van der Waals surface area contributed by atoms with Crippen molar-refractivity contribution in [2.75, 3.05) is 6.61 Å². The molecule has 0 bridgehead atoms. The molecule has 0 spiro atoms. The Bertz CT molecular complexity index is 365. The maximum absolute atomic E-state index is 9.24. The first-order valence-electron chi connectivity index (χ1n) is 6.01. The Labute approximate surface area is 117 Å². The van der Waals surface area contributed by atoms with Crippen molar-refractivity contribution in [3.63, 3.8) is 0 Å². The van der Waals surface area contributed by atoms with Gasteiger partial charge in [-0.1, -0.05) is 12.8 Å². The van der Waals surface area contributed by atoms with Gasteiger partial charge in [0.1, 0.15) is 0 Å². The third-order valence-electron chi connectivity index (χ3n) is 3.50. The summed E-state index contributed by atoms with van der Waals surface area (Å²) in [6.07, 6.45) is 4.42. The fourth-order valence-corrected chi connectivity index (χ4v) is 2.63. The van der Waals surface area contributed by atoms with Crippen molar-refractivity contribution < 1.29 is 25.5 Å². The monoisotopic (exact) mass is 405 g/mol. The first-order chi connectivity index (χ1) is 7.62. The van der Waals surface area contributed by atoms with Gasteiger partial charge in [-0.2, -0.15) is 35.4 Å². The van der Waals surface area contributed by atoms with Crippen LogP contribution in [0.3, 0.4) is 0 Å². The first-order valence-corrected chi connectivity index (χ1v) is 6.01. The summed E-state index contributed by atoms with van der Waals surface area (Å²) in [7, 11) is 0. The van der Waals surface area contributed by atoms with Crippen LogP contribution in [-0.4, -0.2) is 17.3 Å². The van der Waals surface area contributed by atoms with Gasteiger partial charge in [0.25, 0.3) is 0 Å². The molecule has 3 N–H and O–H groups in total. The van der Waals surface area contributed by atoms with Crippen LogP contribution in [0.15, 0.2) is 18.2 Å². The van der Waals surface area contributed by atoms with E-state index in [-0.39, 0.29) is 27.0 Å². The molecule has 0 amide bonds. The molecule has 0 fully saturated rings. The molecule has 0 heterocycles. The second kappa shape index (κ2) is 6.11. The van der Waals surface area contributed by atoms with Gasteiger partial charge in [-0.05, 0) is 25.7 Å². The molecule has 2 atom stereocenters. The second-order valence-electron chi connectivity index (χ2n) is 5.23. The second-order valence-corrected chi connectivity index (χ2v) is 5.23. The Kier molecular flexibility index (Phi) is 5.34. The molecule has 17 heavy (non-hydrogen) atoms. The van der Waals surface area contributed by atoms with Crippen LogP contribution in [0.4, 0.5) is 0 Å². The van der Waals surface area contributed by atoms with Gasteiger partial charge in [0.2, 0.25) is 0 Å². The average molecular weight is 405 g/mol. The summed E-state index contributed by atoms with van der Waals surface area (Å²) >= 11 is 0. The number of fused-ring (bicyclic) bond motifs is 1. The maximum atomic E-state index is 9.24. The van der Waals surface area contributed by atoms with Gasteiger partial charge in [0.05, 0.1) is 6.61 Å². The molecule has 1 radical (unpaired) electrons. The molecule has 0 unspecified atom stereocenters. The van der Waals surface area contributed by atoms with Gasteiger partial charge in [-0.15, -0.1) is 0 Å². The SMILES string of the molecule is C[C@@](N)(CO)C[C@@H]1CCCc2c[c-]ccc21.[Re]. The van der Waals surface area contributed by atoms with Crippen LogP contribution < -0.4 is 5.73 Å². The zero-order valence-electron chi connectivity index (χ0n) is 10.2. The van der Waals surface area contributed by atoms with Gasteiger partial charge in [0, 0.05) is 26.0 Å². The van der Waals surface area contributed by atoms with Crippen molar-refractivity contribution >= 4 is 0 Å². The standard InChI is InChI=1S/C14H20NO.Re/c1-14(15,10-16)9-12-7-4-6-11-5-2-3-8-13(11)12;/h3,5,8,12,16H,4,6-7,9-10,15H2,1H3;/q-1;/t12-,14-;/m0./s1. The van der Waals surface area contributed by atoms with E-state index in [0.29, 0.717) is 5.92 Å². The van der Waals surface area contributed by atoms with Crippen molar-refractivity contribution in [3.05, 3.63) is 35.4 Å². The van der Waals surface area contributed by atoms with E-state index in [4.69, 9.17) is 5.73 Å². The molecule has 0 saturated heterocycles. The Morgan fingerprint density at radius 2 is 2.35 bits per heavy atom. The normalized spacial score (nSPS) is 22.2. The van der Waals surface area contributed by atoms with E-state index in [1.165, 1.54) is 24.0 Å². The van der Waals surface area contributed by atoms with Crippen LogP contribution >= 0.6 is 0 Å². The number of rotatable bonds is 3. The summed E-state index contributed by atoms with van der Waals surface area (Å²) in [4.78, 5) is 0. The number of benzene rings is 1. The zero-order valence-corrected chi connectivity index (χ0v) is 13.0. The molecular formula is C14H20NORe-. The quantitative estimate of drug-likeness (QED) is 0.757. The van der Waals surface area contributed by atoms with E-state index in [2.05, 4.69) is 18.2 Å². The molecule has 1 aromatic rings. The van der Waals surface area contributed by atoms with Crippen LogP contribution in [-0.2, 0) is 26.8 Å². The van der Waals surface area contributed by atoms with Gasteiger partial charge >= 0.3 is 0 Å². The number of aliphatic hydroxyl groups excluding tert-OH is 1. The number of aliphatic hydroxyl groups is 1. The predicted octanol–water partition coefficient (Wildman–Crippen LogP) is 2.00. The first kappa shape index (κ1) is 14.9. The van der Waals surface area contributed by atoms with Gasteiger partial charge < -0.3 is 10.8 Å². The largest absolute Gasteiger partial charge is 0.394 e. The van der Waals surface area contributed by atoms with E-state index in [9.17, 15) is 5.11 Å². The third kappa shape index (κ3) is 3.63. The molecule has 0 aromatic heterocycles. The Morgan fingerprint density at radius 3 is 3.06 bits per heavy atom. The van der Waals surface area contributed by atoms with Crippen LogP contribution in [0.25, 0.3) is 0 Å². The summed E-state index contributed by atoms with van der Waals surface area (Å²) < 4.78 is 0. The van der Waals surface area contributed by atoms with E-state index in [1.807, 2.05) is 13.0 Å². The van der Waals surface area contributed by atoms with Gasteiger partial charge in [-0.25, -0.2) is 0 Å². The van der Waals surface area contributed by atoms with E-state index in [1.54, 1.807) is 0 Å². The minimum Gasteiger partial charge on any atom is -0.394 e. The summed E-state index contributed by atoms with van der Waals surface area (Å²) in [5.41, 5.74) is 8.41. The van der Waals surface area contributed by atoms with Crippen molar-refractivity contribution in [1.82, 2.24) is 0 Å². The van der Waals surface area contributed by atoms with E-state index < -0.39 is 5.54 Å². The predicted molar refractivity (Wildman–Crippen MR) is 65.3 cm³/mol. The fraction of sp³-hybridized carbons (Fsp3) is 0.571. The molecule has 2 nitrogen and oxygen atoms in total. The molecule has 1 aliphatic carbocycles. The number of hydrogen-bond acceptors (Lipinski definition) is 2. The molecule has 1 aliphatic rings. The van der Waals surface area contributed by atoms with Crippen molar-refractivity contribution in [1.29, 1.82) is 0 Å². The summed E-state index contributed by atoms with van der Waals surface area (Å²) in [6, 6.07) is 9.36. The third-order valence-corrected chi connectivity index (χ3v) is 3.50. The van der Waals surface area contributed by atoms with Crippen molar-refractivity contribution in [3.8, 4) is 0 Å². The summed E-state index contributed by atoms with van der Waals surface area (Å²) in [6.45, 7) is 1.98. The number of hydrogen-bond donors (Lipinski definition) is 2. The van der Waals surface area contributed by atoms with Crippen LogP contribution in [0.1, 0.15) is 43.2 Å². The average Bonchev–Trinajstić information content (AvgIpc) is 2.29. The topological polar surface area (TPSA) is 46.2 Å². The summed E-state index contributed by atoms with van der Waals surface area (Å²) in [5.74, 6) is 0.500. The van der Waals surface area contributed by atoms with Crippen LogP contribution in [0, 0.1) is 6.07 Å². The smallest absolute Gasteiger partial charge is 0.0608 e. The van der Waals surface area contributed by atoms with Crippen molar-refractivity contribution in [2.24, 2.45) is 5.73 Å².